The molecule has 1 rings (SSSR count). The van der Waals surface area contributed by atoms with Crippen LogP contribution in [0.3, 0.4) is 0 Å². The average molecular weight is 248 g/mol. The van der Waals surface area contributed by atoms with Gasteiger partial charge in [0.15, 0.2) is 0 Å². The van der Waals surface area contributed by atoms with Gasteiger partial charge in [-0.3, -0.25) is 0 Å². The topological polar surface area (TPSA) is 29.3 Å². The Hall–Kier alpha value is -1.02. The second-order valence-electron chi connectivity index (χ2n) is 5.89. The van der Waals surface area contributed by atoms with E-state index in [1.807, 2.05) is 0 Å². The van der Waals surface area contributed by atoms with E-state index < -0.39 is 0 Å². The maximum atomic E-state index is 5.87. The molecule has 0 aromatic heterocycles. The van der Waals surface area contributed by atoms with Crippen LogP contribution in [0.25, 0.3) is 0 Å². The summed E-state index contributed by atoms with van der Waals surface area (Å²) in [6.45, 7) is 11.0. The molecule has 2 heteroatoms. The molecular weight excluding hydrogens is 220 g/mol. The van der Waals surface area contributed by atoms with Crippen molar-refractivity contribution in [1.82, 2.24) is 0 Å². The molecule has 0 aliphatic heterocycles. The Balaban J connectivity index is 2.90. The van der Waals surface area contributed by atoms with Crippen LogP contribution < -0.4 is 10.6 Å². The predicted molar refractivity (Wildman–Crippen MR) is 81.2 cm³/mol. The Morgan fingerprint density at radius 1 is 1.17 bits per heavy atom. The third-order valence-corrected chi connectivity index (χ3v) is 3.85. The largest absolute Gasteiger partial charge is 0.372 e. The van der Waals surface area contributed by atoms with E-state index in [2.05, 4.69) is 64.8 Å². The molecular formula is C16H28N2. The Kier molecular flexibility index (Phi) is 5.21. The molecule has 2 nitrogen and oxygen atoms in total. The average Bonchev–Trinajstić information content (AvgIpc) is 2.29. The lowest BCUT2D eigenvalue weighted by molar-refractivity contribution is 0.505. The van der Waals surface area contributed by atoms with Gasteiger partial charge in [0.25, 0.3) is 0 Å². The van der Waals surface area contributed by atoms with Crippen molar-refractivity contribution in [3.63, 3.8) is 0 Å². The van der Waals surface area contributed by atoms with Gasteiger partial charge in [0.2, 0.25) is 0 Å². The number of hydrogen-bond acceptors (Lipinski definition) is 2. The van der Waals surface area contributed by atoms with Crippen LogP contribution in [0.5, 0.6) is 0 Å². The highest BCUT2D eigenvalue weighted by Crippen LogP contribution is 2.22. The summed E-state index contributed by atoms with van der Waals surface area (Å²) >= 11 is 0. The molecule has 0 amide bonds. The Morgan fingerprint density at radius 3 is 2.22 bits per heavy atom. The number of anilines is 1. The summed E-state index contributed by atoms with van der Waals surface area (Å²) in [5, 5.41) is 0. The zero-order valence-electron chi connectivity index (χ0n) is 12.7. The third kappa shape index (κ3) is 3.74. The molecule has 0 aliphatic rings. The van der Waals surface area contributed by atoms with Crippen LogP contribution in [-0.4, -0.2) is 19.1 Å². The molecule has 0 saturated carbocycles. The van der Waals surface area contributed by atoms with Gasteiger partial charge in [0, 0.05) is 24.8 Å². The van der Waals surface area contributed by atoms with Gasteiger partial charge in [-0.25, -0.2) is 0 Å². The minimum Gasteiger partial charge on any atom is -0.372 e. The van der Waals surface area contributed by atoms with Crippen molar-refractivity contribution < 1.29 is 0 Å². The van der Waals surface area contributed by atoms with Crippen LogP contribution in [0.1, 0.15) is 38.8 Å². The van der Waals surface area contributed by atoms with Crippen LogP contribution in [0.15, 0.2) is 18.2 Å². The maximum absolute atomic E-state index is 5.87. The second-order valence-corrected chi connectivity index (χ2v) is 5.89. The number of benzene rings is 1. The fourth-order valence-corrected chi connectivity index (χ4v) is 2.16. The van der Waals surface area contributed by atoms with Gasteiger partial charge in [-0.15, -0.1) is 0 Å². The summed E-state index contributed by atoms with van der Waals surface area (Å²) in [5.74, 6) is 0.652. The third-order valence-electron chi connectivity index (χ3n) is 3.85. The van der Waals surface area contributed by atoms with Crippen molar-refractivity contribution in [3.8, 4) is 0 Å². The normalized spacial score (nSPS) is 14.7. The quantitative estimate of drug-likeness (QED) is 0.865. The zero-order chi connectivity index (χ0) is 13.9. The smallest absolute Gasteiger partial charge is 0.0368 e. The molecule has 0 heterocycles. The van der Waals surface area contributed by atoms with Gasteiger partial charge in [0.05, 0.1) is 0 Å². The SMILES string of the molecule is Cc1cc(N(C)C(C)C(C)C)ccc1CC(C)N. The molecule has 1 aromatic rings. The minimum absolute atomic E-state index is 0.224. The van der Waals surface area contributed by atoms with Crippen molar-refractivity contribution in [3.05, 3.63) is 29.3 Å². The molecule has 0 saturated heterocycles. The summed E-state index contributed by atoms with van der Waals surface area (Å²) in [7, 11) is 2.17. The lowest BCUT2D eigenvalue weighted by Gasteiger charge is -2.30. The summed E-state index contributed by atoms with van der Waals surface area (Å²) < 4.78 is 0. The Labute approximate surface area is 112 Å². The Morgan fingerprint density at radius 2 is 1.78 bits per heavy atom. The van der Waals surface area contributed by atoms with Crippen molar-refractivity contribution >= 4 is 5.69 Å². The molecule has 102 valence electrons. The van der Waals surface area contributed by atoms with Crippen LogP contribution in [0.4, 0.5) is 5.69 Å². The standard InChI is InChI=1S/C16H28N2/c1-11(2)14(5)18(6)16-8-7-15(10-13(4)17)12(3)9-16/h7-9,11,13-14H,10,17H2,1-6H3. The van der Waals surface area contributed by atoms with Crippen LogP contribution >= 0.6 is 0 Å². The number of nitrogens with zero attached hydrogens (tertiary/aromatic N) is 1. The lowest BCUT2D eigenvalue weighted by Crippen LogP contribution is -2.33. The van der Waals surface area contributed by atoms with E-state index in [9.17, 15) is 0 Å². The summed E-state index contributed by atoms with van der Waals surface area (Å²) in [6, 6.07) is 7.48. The van der Waals surface area contributed by atoms with Crippen LogP contribution in [0, 0.1) is 12.8 Å². The monoisotopic (exact) mass is 248 g/mol. The van der Waals surface area contributed by atoms with E-state index in [0.29, 0.717) is 12.0 Å². The minimum atomic E-state index is 0.224. The fraction of sp³-hybridized carbons (Fsp3) is 0.625. The molecule has 2 unspecified atom stereocenters. The fourth-order valence-electron chi connectivity index (χ4n) is 2.16. The molecule has 1 aromatic carbocycles. The van der Waals surface area contributed by atoms with Crippen molar-refractivity contribution in [2.45, 2.75) is 53.1 Å². The van der Waals surface area contributed by atoms with E-state index in [1.165, 1.54) is 16.8 Å². The summed E-state index contributed by atoms with van der Waals surface area (Å²) in [4.78, 5) is 2.35. The van der Waals surface area contributed by atoms with Crippen molar-refractivity contribution in [2.24, 2.45) is 11.7 Å². The second kappa shape index (κ2) is 6.24. The van der Waals surface area contributed by atoms with E-state index in [1.54, 1.807) is 0 Å². The molecule has 2 N–H and O–H groups in total. The predicted octanol–water partition coefficient (Wildman–Crippen LogP) is 3.37. The molecule has 0 fully saturated rings. The first-order valence-electron chi connectivity index (χ1n) is 6.90. The van der Waals surface area contributed by atoms with Gasteiger partial charge < -0.3 is 10.6 Å². The summed E-state index contributed by atoms with van der Waals surface area (Å²) in [6.07, 6.45) is 0.954. The van der Waals surface area contributed by atoms with Crippen LogP contribution in [0.2, 0.25) is 0 Å². The molecule has 18 heavy (non-hydrogen) atoms. The van der Waals surface area contributed by atoms with Crippen molar-refractivity contribution in [2.75, 3.05) is 11.9 Å². The molecule has 0 radical (unpaired) electrons. The summed E-state index contributed by atoms with van der Waals surface area (Å²) in [5.41, 5.74) is 9.86. The number of nitrogens with two attached hydrogens (primary N) is 1. The number of hydrogen-bond donors (Lipinski definition) is 1. The first-order chi connectivity index (χ1) is 8.32. The van der Waals surface area contributed by atoms with Gasteiger partial charge in [0.1, 0.15) is 0 Å². The zero-order valence-corrected chi connectivity index (χ0v) is 12.7. The number of rotatable bonds is 5. The highest BCUT2D eigenvalue weighted by atomic mass is 15.1. The molecule has 2 atom stereocenters. The van der Waals surface area contributed by atoms with E-state index in [-0.39, 0.29) is 6.04 Å². The Bertz CT molecular complexity index is 383. The molecule has 0 aliphatic carbocycles. The first kappa shape index (κ1) is 15.0. The highest BCUT2D eigenvalue weighted by Gasteiger charge is 2.14. The highest BCUT2D eigenvalue weighted by molar-refractivity contribution is 5.51. The van der Waals surface area contributed by atoms with Gasteiger partial charge in [-0.1, -0.05) is 19.9 Å². The maximum Gasteiger partial charge on any atom is 0.0368 e. The van der Waals surface area contributed by atoms with Gasteiger partial charge >= 0.3 is 0 Å². The van der Waals surface area contributed by atoms with Crippen LogP contribution in [-0.2, 0) is 6.42 Å². The van der Waals surface area contributed by atoms with Gasteiger partial charge in [-0.2, -0.15) is 0 Å². The lowest BCUT2D eigenvalue weighted by atomic mass is 10.00. The van der Waals surface area contributed by atoms with Gasteiger partial charge in [-0.05, 0) is 56.4 Å². The first-order valence-corrected chi connectivity index (χ1v) is 6.90. The number of aryl methyl sites for hydroxylation is 1. The van der Waals surface area contributed by atoms with E-state index in [4.69, 9.17) is 5.73 Å². The van der Waals surface area contributed by atoms with Crippen molar-refractivity contribution in [1.29, 1.82) is 0 Å². The van der Waals surface area contributed by atoms with E-state index >= 15 is 0 Å². The molecule has 0 spiro atoms. The van der Waals surface area contributed by atoms with E-state index in [0.717, 1.165) is 6.42 Å². The molecule has 0 bridgehead atoms.